The van der Waals surface area contributed by atoms with E-state index in [-0.39, 0.29) is 24.0 Å². The number of anilines is 1. The highest BCUT2D eigenvalue weighted by Gasteiger charge is 2.16. The molecule has 0 atom stereocenters. The quantitative estimate of drug-likeness (QED) is 0.381. The fourth-order valence-electron chi connectivity index (χ4n) is 3.00. The summed E-state index contributed by atoms with van der Waals surface area (Å²) in [5.41, 5.74) is 1.71. The Morgan fingerprint density at radius 3 is 2.35 bits per heavy atom. The van der Waals surface area contributed by atoms with Crippen molar-refractivity contribution in [1.29, 1.82) is 0 Å². The Bertz CT molecular complexity index is 1260. The summed E-state index contributed by atoms with van der Waals surface area (Å²) in [6.07, 6.45) is 0. The summed E-state index contributed by atoms with van der Waals surface area (Å²) in [6.45, 7) is 4.10. The molecule has 0 heterocycles. The van der Waals surface area contributed by atoms with E-state index in [4.69, 9.17) is 32.7 Å². The molecule has 0 radical (unpaired) electrons. The van der Waals surface area contributed by atoms with Crippen LogP contribution in [0.5, 0.6) is 11.5 Å². The Balaban J connectivity index is 1.57. The molecule has 180 valence electrons. The molecule has 3 aromatic rings. The second-order valence-corrected chi connectivity index (χ2v) is 9.82. The summed E-state index contributed by atoms with van der Waals surface area (Å²) in [6, 6.07) is 16.1. The van der Waals surface area contributed by atoms with Crippen molar-refractivity contribution in [3.05, 3.63) is 81.8 Å². The standard InChI is InChI=1S/C24H24Cl2N2O5S/c1-3-32-20-8-6-19(7-9-20)28-34(30,31)21-10-11-23(16(2)12-21)33-15-24(29)27-14-17-4-5-18(25)13-22(17)26/h4-13,28H,3,14-15H2,1-2H3,(H,27,29). The lowest BCUT2D eigenvalue weighted by atomic mass is 10.2. The molecular formula is C24H24Cl2N2O5S. The maximum atomic E-state index is 12.7. The Labute approximate surface area is 209 Å². The van der Waals surface area contributed by atoms with Crippen LogP contribution >= 0.6 is 23.2 Å². The van der Waals surface area contributed by atoms with E-state index in [2.05, 4.69) is 10.0 Å². The SMILES string of the molecule is CCOc1ccc(NS(=O)(=O)c2ccc(OCC(=O)NCc3ccc(Cl)cc3Cl)c(C)c2)cc1. The second kappa shape index (κ2) is 11.5. The Hall–Kier alpha value is -2.94. The number of halogens is 2. The van der Waals surface area contributed by atoms with Crippen molar-refractivity contribution in [3.8, 4) is 11.5 Å². The monoisotopic (exact) mass is 522 g/mol. The largest absolute Gasteiger partial charge is 0.494 e. The van der Waals surface area contributed by atoms with Gasteiger partial charge in [0.2, 0.25) is 0 Å². The van der Waals surface area contributed by atoms with Crippen LogP contribution in [0.3, 0.4) is 0 Å². The van der Waals surface area contributed by atoms with Crippen LogP contribution in [0.25, 0.3) is 0 Å². The maximum absolute atomic E-state index is 12.7. The van der Waals surface area contributed by atoms with Gasteiger partial charge in [0, 0.05) is 22.3 Å². The Morgan fingerprint density at radius 1 is 0.971 bits per heavy atom. The minimum atomic E-state index is -3.80. The number of nitrogens with one attached hydrogen (secondary N) is 2. The van der Waals surface area contributed by atoms with Crippen molar-refractivity contribution in [2.75, 3.05) is 17.9 Å². The summed E-state index contributed by atoms with van der Waals surface area (Å²) in [5.74, 6) is 0.710. The molecule has 0 saturated carbocycles. The molecule has 0 spiro atoms. The van der Waals surface area contributed by atoms with Gasteiger partial charge in [-0.3, -0.25) is 9.52 Å². The highest BCUT2D eigenvalue weighted by molar-refractivity contribution is 7.92. The van der Waals surface area contributed by atoms with Gasteiger partial charge in [-0.1, -0.05) is 29.3 Å². The van der Waals surface area contributed by atoms with Gasteiger partial charge in [0.1, 0.15) is 11.5 Å². The first-order valence-corrected chi connectivity index (χ1v) is 12.6. The van der Waals surface area contributed by atoms with Crippen LogP contribution in [-0.4, -0.2) is 27.5 Å². The molecular weight excluding hydrogens is 499 g/mol. The lowest BCUT2D eigenvalue weighted by molar-refractivity contribution is -0.123. The van der Waals surface area contributed by atoms with Gasteiger partial charge in [0.15, 0.2) is 6.61 Å². The van der Waals surface area contributed by atoms with E-state index in [0.29, 0.717) is 39.4 Å². The fourth-order valence-corrected chi connectivity index (χ4v) is 4.62. The predicted molar refractivity (Wildman–Crippen MR) is 133 cm³/mol. The third-order valence-electron chi connectivity index (χ3n) is 4.72. The van der Waals surface area contributed by atoms with Crippen LogP contribution in [0.4, 0.5) is 5.69 Å². The molecule has 0 aliphatic heterocycles. The number of sulfonamides is 1. The van der Waals surface area contributed by atoms with Gasteiger partial charge in [0.05, 0.1) is 11.5 Å². The highest BCUT2D eigenvalue weighted by Crippen LogP contribution is 2.25. The third-order valence-corrected chi connectivity index (χ3v) is 6.69. The van der Waals surface area contributed by atoms with E-state index >= 15 is 0 Å². The first-order chi connectivity index (χ1) is 16.2. The molecule has 10 heteroatoms. The Kier molecular flexibility index (Phi) is 8.66. The van der Waals surface area contributed by atoms with Gasteiger partial charge < -0.3 is 14.8 Å². The molecule has 0 aliphatic carbocycles. The summed E-state index contributed by atoms with van der Waals surface area (Å²) in [5, 5.41) is 3.69. The molecule has 0 saturated heterocycles. The second-order valence-electron chi connectivity index (χ2n) is 7.29. The number of benzene rings is 3. The van der Waals surface area contributed by atoms with E-state index in [9.17, 15) is 13.2 Å². The fraction of sp³-hybridized carbons (Fsp3) is 0.208. The zero-order valence-corrected chi connectivity index (χ0v) is 20.9. The average molecular weight is 523 g/mol. The number of carbonyl (C=O) groups excluding carboxylic acids is 1. The van der Waals surface area contributed by atoms with Crippen molar-refractivity contribution in [1.82, 2.24) is 5.32 Å². The third kappa shape index (κ3) is 7.03. The molecule has 2 N–H and O–H groups in total. The van der Waals surface area contributed by atoms with Crippen LogP contribution in [0.2, 0.25) is 10.0 Å². The number of hydrogen-bond donors (Lipinski definition) is 2. The van der Waals surface area contributed by atoms with Gasteiger partial charge in [-0.2, -0.15) is 0 Å². The van der Waals surface area contributed by atoms with E-state index < -0.39 is 10.0 Å². The summed E-state index contributed by atoms with van der Waals surface area (Å²) >= 11 is 12.0. The van der Waals surface area contributed by atoms with Gasteiger partial charge in [-0.15, -0.1) is 0 Å². The van der Waals surface area contributed by atoms with E-state index in [1.807, 2.05) is 6.92 Å². The number of rotatable bonds is 10. The van der Waals surface area contributed by atoms with Crippen LogP contribution in [0, 0.1) is 6.92 Å². The first kappa shape index (κ1) is 25.7. The van der Waals surface area contributed by atoms with Gasteiger partial charge in [-0.05, 0) is 79.6 Å². The first-order valence-electron chi connectivity index (χ1n) is 10.4. The van der Waals surface area contributed by atoms with Crippen molar-refractivity contribution < 1.29 is 22.7 Å². The molecule has 0 aliphatic rings. The van der Waals surface area contributed by atoms with E-state index in [1.54, 1.807) is 49.4 Å². The Morgan fingerprint density at radius 2 is 1.71 bits per heavy atom. The molecule has 3 rings (SSSR count). The molecule has 0 unspecified atom stereocenters. The summed E-state index contributed by atoms with van der Waals surface area (Å²) in [7, 11) is -3.80. The number of ether oxygens (including phenoxy) is 2. The normalized spacial score (nSPS) is 11.1. The van der Waals surface area contributed by atoms with Crippen LogP contribution in [0.15, 0.2) is 65.6 Å². The predicted octanol–water partition coefficient (Wildman–Crippen LogP) is 5.20. The van der Waals surface area contributed by atoms with E-state index in [0.717, 1.165) is 5.56 Å². The summed E-state index contributed by atoms with van der Waals surface area (Å²) in [4.78, 5) is 12.2. The zero-order valence-electron chi connectivity index (χ0n) is 18.6. The van der Waals surface area contributed by atoms with Crippen molar-refractivity contribution >= 4 is 44.8 Å². The van der Waals surface area contributed by atoms with Crippen LogP contribution < -0.4 is 19.5 Å². The molecule has 7 nitrogen and oxygen atoms in total. The smallest absolute Gasteiger partial charge is 0.261 e. The molecule has 34 heavy (non-hydrogen) atoms. The molecule has 3 aromatic carbocycles. The molecule has 0 aromatic heterocycles. The van der Waals surface area contributed by atoms with Gasteiger partial charge >= 0.3 is 0 Å². The lowest BCUT2D eigenvalue weighted by Gasteiger charge is -2.13. The lowest BCUT2D eigenvalue weighted by Crippen LogP contribution is -2.28. The van der Waals surface area contributed by atoms with E-state index in [1.165, 1.54) is 18.2 Å². The minimum Gasteiger partial charge on any atom is -0.494 e. The van der Waals surface area contributed by atoms with Crippen LogP contribution in [0.1, 0.15) is 18.1 Å². The average Bonchev–Trinajstić information content (AvgIpc) is 2.79. The minimum absolute atomic E-state index is 0.0769. The van der Waals surface area contributed by atoms with Crippen LogP contribution in [-0.2, 0) is 21.4 Å². The zero-order chi connectivity index (χ0) is 24.7. The molecule has 0 bridgehead atoms. The number of carbonyl (C=O) groups is 1. The van der Waals surface area contributed by atoms with Gasteiger partial charge in [0.25, 0.3) is 15.9 Å². The molecule has 1 amide bonds. The topological polar surface area (TPSA) is 93.7 Å². The number of aryl methyl sites for hydroxylation is 1. The maximum Gasteiger partial charge on any atom is 0.261 e. The molecule has 0 fully saturated rings. The van der Waals surface area contributed by atoms with Crippen molar-refractivity contribution in [2.24, 2.45) is 0 Å². The van der Waals surface area contributed by atoms with Crippen molar-refractivity contribution in [3.63, 3.8) is 0 Å². The highest BCUT2D eigenvalue weighted by atomic mass is 35.5. The van der Waals surface area contributed by atoms with Gasteiger partial charge in [-0.25, -0.2) is 8.42 Å². The summed E-state index contributed by atoms with van der Waals surface area (Å²) < 4.78 is 38.9. The van der Waals surface area contributed by atoms with Crippen molar-refractivity contribution in [2.45, 2.75) is 25.3 Å². The number of hydrogen-bond acceptors (Lipinski definition) is 5. The number of amides is 1.